The van der Waals surface area contributed by atoms with Crippen LogP contribution < -0.4 is 14.8 Å². The number of para-hydroxylation sites is 1. The number of benzene rings is 3. The van der Waals surface area contributed by atoms with Crippen LogP contribution in [-0.2, 0) is 10.0 Å². The van der Waals surface area contributed by atoms with Crippen LogP contribution in [0.5, 0.6) is 5.75 Å². The molecule has 0 amide bonds. The minimum Gasteiger partial charge on any atom is -0.490 e. The Kier molecular flexibility index (Phi) is 5.72. The molecule has 0 aromatic heterocycles. The van der Waals surface area contributed by atoms with Gasteiger partial charge in [0.05, 0.1) is 28.7 Å². The highest BCUT2D eigenvalue weighted by molar-refractivity contribution is 7.92. The van der Waals surface area contributed by atoms with Gasteiger partial charge in [0.15, 0.2) is 5.75 Å². The van der Waals surface area contributed by atoms with Gasteiger partial charge in [-0.1, -0.05) is 36.4 Å². The van der Waals surface area contributed by atoms with Crippen LogP contribution in [0.2, 0.25) is 0 Å². The third-order valence-electron chi connectivity index (χ3n) is 6.79. The second kappa shape index (κ2) is 8.74. The van der Waals surface area contributed by atoms with Crippen molar-refractivity contribution >= 4 is 27.1 Å². The molecule has 3 aromatic carbocycles. The summed E-state index contributed by atoms with van der Waals surface area (Å²) in [6.45, 7) is 1.85. The number of nitro groups is 1. The fourth-order valence-electron chi connectivity index (χ4n) is 5.00. The molecule has 35 heavy (non-hydrogen) atoms. The maximum absolute atomic E-state index is 13.2. The highest BCUT2D eigenvalue weighted by atomic mass is 32.2. The normalized spacial score (nSPS) is 20.5. The van der Waals surface area contributed by atoms with Gasteiger partial charge in [-0.2, -0.15) is 0 Å². The topological polar surface area (TPSA) is 111 Å². The first-order valence-corrected chi connectivity index (χ1v) is 12.7. The van der Waals surface area contributed by atoms with Gasteiger partial charge in [0.2, 0.25) is 0 Å². The molecule has 0 spiro atoms. The van der Waals surface area contributed by atoms with Gasteiger partial charge >= 0.3 is 5.69 Å². The van der Waals surface area contributed by atoms with Gasteiger partial charge in [-0.15, -0.1) is 0 Å². The van der Waals surface area contributed by atoms with Crippen LogP contribution in [0, 0.1) is 23.0 Å². The molecule has 0 bridgehead atoms. The molecule has 3 aromatic rings. The van der Waals surface area contributed by atoms with Crippen molar-refractivity contribution in [2.24, 2.45) is 5.92 Å². The number of nitrogens with zero attached hydrogens (tertiary/aromatic N) is 1. The van der Waals surface area contributed by atoms with Gasteiger partial charge in [0.25, 0.3) is 10.0 Å². The molecule has 1 aliphatic carbocycles. The van der Waals surface area contributed by atoms with Crippen LogP contribution in [-0.4, -0.2) is 20.5 Å². The van der Waals surface area contributed by atoms with Crippen LogP contribution in [0.4, 0.5) is 17.1 Å². The molecular formula is C26H25N3O5S. The maximum Gasteiger partial charge on any atom is 0.311 e. The van der Waals surface area contributed by atoms with E-state index >= 15 is 0 Å². The molecule has 9 heteroatoms. The van der Waals surface area contributed by atoms with E-state index < -0.39 is 14.9 Å². The van der Waals surface area contributed by atoms with Crippen LogP contribution >= 0.6 is 0 Å². The molecule has 0 unspecified atom stereocenters. The summed E-state index contributed by atoms with van der Waals surface area (Å²) in [4.78, 5) is 11.3. The van der Waals surface area contributed by atoms with Crippen molar-refractivity contribution in [2.75, 3.05) is 17.1 Å². The number of hydrogen-bond donors (Lipinski definition) is 2. The average molecular weight is 492 g/mol. The first-order chi connectivity index (χ1) is 16.8. The van der Waals surface area contributed by atoms with Crippen LogP contribution in [0.3, 0.4) is 0 Å². The number of methoxy groups -OCH3 is 1. The Hall–Kier alpha value is -3.85. The van der Waals surface area contributed by atoms with E-state index in [-0.39, 0.29) is 34.2 Å². The zero-order valence-electron chi connectivity index (χ0n) is 19.3. The van der Waals surface area contributed by atoms with E-state index in [1.165, 1.54) is 7.11 Å². The molecule has 0 saturated heterocycles. The number of ether oxygens (including phenoxy) is 1. The Morgan fingerprint density at radius 1 is 1.11 bits per heavy atom. The molecule has 1 aliphatic heterocycles. The van der Waals surface area contributed by atoms with Gasteiger partial charge in [-0.05, 0) is 66.3 Å². The number of allylic oxidation sites excluding steroid dienone is 2. The lowest BCUT2D eigenvalue weighted by atomic mass is 9.77. The SMILES string of the molecule is COc1ccc([C@H]2Nc3ccc(S(=O)(=O)Nc4ccccc4C)cc3[C@H]3C=CC[C@H]32)cc1[N+](=O)[O-]. The van der Waals surface area contributed by atoms with Gasteiger partial charge in [0, 0.05) is 17.7 Å². The summed E-state index contributed by atoms with van der Waals surface area (Å²) in [6, 6.07) is 17.2. The van der Waals surface area contributed by atoms with E-state index in [1.54, 1.807) is 42.5 Å². The molecule has 2 N–H and O–H groups in total. The van der Waals surface area contributed by atoms with Gasteiger partial charge in [-0.25, -0.2) is 8.42 Å². The number of fused-ring (bicyclic) bond motifs is 3. The van der Waals surface area contributed by atoms with Crippen molar-refractivity contribution in [3.05, 3.63) is 99.6 Å². The number of hydrogen-bond acceptors (Lipinski definition) is 6. The van der Waals surface area contributed by atoms with Gasteiger partial charge < -0.3 is 10.1 Å². The predicted octanol–water partition coefficient (Wildman–Crippen LogP) is 5.54. The molecule has 0 radical (unpaired) electrons. The lowest BCUT2D eigenvalue weighted by molar-refractivity contribution is -0.385. The van der Waals surface area contributed by atoms with Crippen LogP contribution in [0.15, 0.2) is 77.7 Å². The Morgan fingerprint density at radius 2 is 1.91 bits per heavy atom. The quantitative estimate of drug-likeness (QED) is 0.266. The van der Waals surface area contributed by atoms with Crippen molar-refractivity contribution in [1.82, 2.24) is 0 Å². The van der Waals surface area contributed by atoms with Crippen molar-refractivity contribution in [2.45, 2.75) is 30.2 Å². The minimum absolute atomic E-state index is 0.00832. The van der Waals surface area contributed by atoms with Gasteiger partial charge in [0.1, 0.15) is 0 Å². The second-order valence-corrected chi connectivity index (χ2v) is 10.5. The number of anilines is 2. The Bertz CT molecular complexity index is 1450. The smallest absolute Gasteiger partial charge is 0.311 e. The summed E-state index contributed by atoms with van der Waals surface area (Å²) in [5.74, 6) is 0.302. The molecular weight excluding hydrogens is 466 g/mol. The molecule has 0 fully saturated rings. The van der Waals surface area contributed by atoms with Crippen LogP contribution in [0.1, 0.15) is 35.1 Å². The Labute approximate surface area is 203 Å². The van der Waals surface area contributed by atoms with Crippen molar-refractivity contribution in [3.8, 4) is 5.75 Å². The Morgan fingerprint density at radius 3 is 2.66 bits per heavy atom. The number of rotatable bonds is 6. The zero-order valence-corrected chi connectivity index (χ0v) is 20.1. The number of sulfonamides is 1. The standard InChI is InChI=1S/C26H25N3O5S/c1-16-6-3-4-9-22(16)28-35(32,33)18-11-12-23-21(15-18)19-7-5-8-20(19)26(27-23)17-10-13-25(34-2)24(14-17)29(30)31/h3-7,9-15,19-20,26-28H,8H2,1-2H3/t19-,20+,26+/m0/s1. The van der Waals surface area contributed by atoms with E-state index in [4.69, 9.17) is 4.74 Å². The number of nitrogens with one attached hydrogen (secondary N) is 2. The molecule has 3 atom stereocenters. The summed E-state index contributed by atoms with van der Waals surface area (Å²) in [5, 5.41) is 15.1. The molecule has 8 nitrogen and oxygen atoms in total. The summed E-state index contributed by atoms with van der Waals surface area (Å²) in [6.07, 6.45) is 4.96. The fourth-order valence-corrected chi connectivity index (χ4v) is 6.17. The number of nitro benzene ring substituents is 1. The summed E-state index contributed by atoms with van der Waals surface area (Å²) < 4.78 is 34.1. The van der Waals surface area contributed by atoms with Crippen molar-refractivity contribution in [3.63, 3.8) is 0 Å². The molecule has 180 valence electrons. The summed E-state index contributed by atoms with van der Waals surface area (Å²) in [7, 11) is -2.37. The monoisotopic (exact) mass is 491 g/mol. The number of aryl methyl sites for hydroxylation is 1. The lowest BCUT2D eigenvalue weighted by Crippen LogP contribution is -2.29. The molecule has 0 saturated carbocycles. The van der Waals surface area contributed by atoms with Crippen LogP contribution in [0.25, 0.3) is 0 Å². The second-order valence-electron chi connectivity index (χ2n) is 8.83. The zero-order chi connectivity index (χ0) is 24.7. The van der Waals surface area contributed by atoms with E-state index in [2.05, 4.69) is 22.2 Å². The lowest BCUT2D eigenvalue weighted by Gasteiger charge is -2.37. The molecule has 5 rings (SSSR count). The fraction of sp³-hybridized carbons (Fsp3) is 0.231. The van der Waals surface area contributed by atoms with Crippen molar-refractivity contribution < 1.29 is 18.1 Å². The van der Waals surface area contributed by atoms with Crippen molar-refractivity contribution in [1.29, 1.82) is 0 Å². The van der Waals surface area contributed by atoms with E-state index in [9.17, 15) is 18.5 Å². The van der Waals surface area contributed by atoms with E-state index in [0.717, 1.165) is 28.8 Å². The molecule has 2 aliphatic rings. The summed E-state index contributed by atoms with van der Waals surface area (Å²) >= 11 is 0. The highest BCUT2D eigenvalue weighted by Gasteiger charge is 2.39. The van der Waals surface area contributed by atoms with E-state index in [1.807, 2.05) is 25.1 Å². The van der Waals surface area contributed by atoms with E-state index in [0.29, 0.717) is 5.69 Å². The minimum atomic E-state index is -3.78. The van der Waals surface area contributed by atoms with Gasteiger partial charge in [-0.3, -0.25) is 14.8 Å². The highest BCUT2D eigenvalue weighted by Crippen LogP contribution is 2.51. The average Bonchev–Trinajstić information content (AvgIpc) is 3.34. The first kappa shape index (κ1) is 22.9. The first-order valence-electron chi connectivity index (χ1n) is 11.3. The summed E-state index contributed by atoms with van der Waals surface area (Å²) in [5.41, 5.74) is 3.81. The third-order valence-corrected chi connectivity index (χ3v) is 8.16. The predicted molar refractivity (Wildman–Crippen MR) is 134 cm³/mol. The maximum atomic E-state index is 13.2. The third kappa shape index (κ3) is 4.12. The Balaban J connectivity index is 1.50. The largest absolute Gasteiger partial charge is 0.490 e. The molecule has 1 heterocycles.